The number of fused-ring (bicyclic) bond motifs is 1. The van der Waals surface area contributed by atoms with Gasteiger partial charge in [-0.15, -0.1) is 0 Å². The number of carbonyl (C=O) groups excluding carboxylic acids is 1. The van der Waals surface area contributed by atoms with Gasteiger partial charge in [-0.2, -0.15) is 5.10 Å². The zero-order valence-corrected chi connectivity index (χ0v) is 14.9. The highest BCUT2D eigenvalue weighted by Gasteiger charge is 2.45. The largest absolute Gasteiger partial charge is 0.329 e. The Morgan fingerprint density at radius 3 is 2.73 bits per heavy atom. The summed E-state index contributed by atoms with van der Waals surface area (Å²) < 4.78 is 29.5. The summed E-state index contributed by atoms with van der Waals surface area (Å²) in [6, 6.07) is 5.11. The molecule has 1 saturated heterocycles. The summed E-state index contributed by atoms with van der Waals surface area (Å²) in [7, 11) is 0. The lowest BCUT2D eigenvalue weighted by Gasteiger charge is -2.33. The Morgan fingerprint density at radius 1 is 1.27 bits per heavy atom. The van der Waals surface area contributed by atoms with E-state index in [4.69, 9.17) is 0 Å². The molecule has 1 atom stereocenters. The Morgan fingerprint density at radius 2 is 2.04 bits per heavy atom. The van der Waals surface area contributed by atoms with Gasteiger partial charge in [0, 0.05) is 24.9 Å². The van der Waals surface area contributed by atoms with E-state index in [2.05, 4.69) is 35.5 Å². The SMILES string of the molecule is Cc1ccc2c(cnn2C2CCN(C(=O)N[C@@H]3CCCC3(F)F)CC2)c1. The van der Waals surface area contributed by atoms with Gasteiger partial charge in [0.25, 0.3) is 5.92 Å². The Hall–Kier alpha value is -2.18. The van der Waals surface area contributed by atoms with Crippen molar-refractivity contribution in [3.63, 3.8) is 0 Å². The first-order chi connectivity index (χ1) is 12.4. The first-order valence-electron chi connectivity index (χ1n) is 9.31. The number of rotatable bonds is 2. The lowest BCUT2D eigenvalue weighted by molar-refractivity contribution is -0.0160. The van der Waals surface area contributed by atoms with Crippen molar-refractivity contribution >= 4 is 16.9 Å². The molecule has 2 fully saturated rings. The van der Waals surface area contributed by atoms with Crippen molar-refractivity contribution in [3.8, 4) is 0 Å². The summed E-state index contributed by atoms with van der Waals surface area (Å²) >= 11 is 0. The van der Waals surface area contributed by atoms with Crippen LogP contribution in [0.1, 0.15) is 43.7 Å². The highest BCUT2D eigenvalue weighted by Crippen LogP contribution is 2.35. The molecule has 1 aliphatic carbocycles. The molecule has 2 aliphatic rings. The Balaban J connectivity index is 1.38. The number of likely N-dealkylation sites (tertiary alicyclic amines) is 1. The number of hydrogen-bond acceptors (Lipinski definition) is 2. The van der Waals surface area contributed by atoms with Gasteiger partial charge in [-0.05, 0) is 44.7 Å². The quantitative estimate of drug-likeness (QED) is 0.881. The van der Waals surface area contributed by atoms with Crippen molar-refractivity contribution < 1.29 is 13.6 Å². The summed E-state index contributed by atoms with van der Waals surface area (Å²) in [5.41, 5.74) is 2.30. The number of aryl methyl sites for hydroxylation is 1. The van der Waals surface area contributed by atoms with Crippen molar-refractivity contribution in [1.82, 2.24) is 20.0 Å². The molecule has 1 aromatic carbocycles. The third-order valence-electron chi connectivity index (χ3n) is 5.66. The third-order valence-corrected chi connectivity index (χ3v) is 5.66. The Labute approximate surface area is 151 Å². The maximum absolute atomic E-state index is 13.7. The van der Waals surface area contributed by atoms with Crippen LogP contribution in [-0.4, -0.2) is 45.8 Å². The van der Waals surface area contributed by atoms with Gasteiger partial charge in [-0.25, -0.2) is 13.6 Å². The maximum atomic E-state index is 13.7. The zero-order chi connectivity index (χ0) is 18.3. The van der Waals surface area contributed by atoms with E-state index in [1.807, 2.05) is 10.9 Å². The van der Waals surface area contributed by atoms with Crippen LogP contribution in [0.5, 0.6) is 0 Å². The number of hydrogen-bond donors (Lipinski definition) is 1. The lowest BCUT2D eigenvalue weighted by Crippen LogP contribution is -2.51. The molecule has 26 heavy (non-hydrogen) atoms. The number of aromatic nitrogens is 2. The molecule has 0 bridgehead atoms. The number of halogens is 2. The topological polar surface area (TPSA) is 50.2 Å². The minimum absolute atomic E-state index is 0.133. The molecular formula is C19H24F2N4O. The second-order valence-electron chi connectivity index (χ2n) is 7.52. The zero-order valence-electron chi connectivity index (χ0n) is 14.9. The molecule has 2 amide bonds. The number of piperidine rings is 1. The molecule has 140 valence electrons. The standard InChI is InChI=1S/C19H24F2N4O/c1-13-4-5-16-14(11-13)12-22-25(16)15-6-9-24(10-7-15)18(26)23-17-3-2-8-19(17,20)21/h4-5,11-12,15,17H,2-3,6-10H2,1H3,(H,23,26)/t17-/m1/s1. The van der Waals surface area contributed by atoms with Crippen LogP contribution in [0.15, 0.2) is 24.4 Å². The van der Waals surface area contributed by atoms with Crippen molar-refractivity contribution in [1.29, 1.82) is 0 Å². The average Bonchev–Trinajstić information content (AvgIpc) is 3.17. The predicted molar refractivity (Wildman–Crippen MR) is 95.4 cm³/mol. The molecule has 2 heterocycles. The number of amides is 2. The summed E-state index contributed by atoms with van der Waals surface area (Å²) in [6.45, 7) is 3.17. The number of alkyl halides is 2. The number of urea groups is 1. The van der Waals surface area contributed by atoms with Gasteiger partial charge < -0.3 is 10.2 Å². The lowest BCUT2D eigenvalue weighted by atomic mass is 10.0. The summed E-state index contributed by atoms with van der Waals surface area (Å²) in [6.07, 6.45) is 4.12. The van der Waals surface area contributed by atoms with Crippen LogP contribution < -0.4 is 5.32 Å². The molecule has 2 aromatic rings. The molecule has 1 aliphatic heterocycles. The molecule has 0 spiro atoms. The van der Waals surface area contributed by atoms with E-state index >= 15 is 0 Å². The van der Waals surface area contributed by atoms with Crippen molar-refractivity contribution in [2.24, 2.45) is 0 Å². The first kappa shape index (κ1) is 17.2. The molecule has 4 rings (SSSR count). The van der Waals surface area contributed by atoms with E-state index in [1.54, 1.807) is 4.90 Å². The molecule has 0 unspecified atom stereocenters. The summed E-state index contributed by atoms with van der Waals surface area (Å²) in [5.74, 6) is -2.78. The van der Waals surface area contributed by atoms with Crippen LogP contribution in [-0.2, 0) is 0 Å². The number of nitrogens with one attached hydrogen (secondary N) is 1. The van der Waals surface area contributed by atoms with Gasteiger partial charge in [-0.3, -0.25) is 4.68 Å². The highest BCUT2D eigenvalue weighted by atomic mass is 19.3. The van der Waals surface area contributed by atoms with E-state index < -0.39 is 12.0 Å². The number of benzene rings is 1. The fraction of sp³-hybridized carbons (Fsp3) is 0.579. The Kier molecular flexibility index (Phi) is 4.32. The molecule has 0 radical (unpaired) electrons. The monoisotopic (exact) mass is 362 g/mol. The molecule has 5 nitrogen and oxygen atoms in total. The molecule has 7 heteroatoms. The van der Waals surface area contributed by atoms with Crippen LogP contribution >= 0.6 is 0 Å². The van der Waals surface area contributed by atoms with Gasteiger partial charge in [0.15, 0.2) is 0 Å². The van der Waals surface area contributed by atoms with Crippen molar-refractivity contribution in [3.05, 3.63) is 30.0 Å². The minimum atomic E-state index is -2.78. The van der Waals surface area contributed by atoms with E-state index in [0.717, 1.165) is 23.7 Å². The van der Waals surface area contributed by atoms with Crippen molar-refractivity contribution in [2.75, 3.05) is 13.1 Å². The Bertz CT molecular complexity index is 811. The second kappa shape index (κ2) is 6.52. The predicted octanol–water partition coefficient (Wildman–Crippen LogP) is 3.88. The van der Waals surface area contributed by atoms with Crippen LogP contribution in [0.4, 0.5) is 13.6 Å². The van der Waals surface area contributed by atoms with Crippen LogP contribution in [0, 0.1) is 6.92 Å². The highest BCUT2D eigenvalue weighted by molar-refractivity contribution is 5.79. The first-order valence-corrected chi connectivity index (χ1v) is 9.31. The molecular weight excluding hydrogens is 338 g/mol. The fourth-order valence-electron chi connectivity index (χ4n) is 4.12. The van der Waals surface area contributed by atoms with Gasteiger partial charge >= 0.3 is 6.03 Å². The van der Waals surface area contributed by atoms with Gasteiger partial charge in [0.05, 0.1) is 23.8 Å². The second-order valence-corrected chi connectivity index (χ2v) is 7.52. The number of carbonyl (C=O) groups is 1. The maximum Gasteiger partial charge on any atom is 0.317 e. The van der Waals surface area contributed by atoms with Gasteiger partial charge in [-0.1, -0.05) is 11.6 Å². The molecule has 1 aromatic heterocycles. The molecule has 1 saturated carbocycles. The van der Waals surface area contributed by atoms with E-state index in [0.29, 0.717) is 25.9 Å². The van der Waals surface area contributed by atoms with Gasteiger partial charge in [0.2, 0.25) is 0 Å². The minimum Gasteiger partial charge on any atom is -0.329 e. The van der Waals surface area contributed by atoms with E-state index in [9.17, 15) is 13.6 Å². The normalized spacial score (nSPS) is 23.5. The van der Waals surface area contributed by atoms with Gasteiger partial charge in [0.1, 0.15) is 0 Å². The van der Waals surface area contributed by atoms with E-state index in [-0.39, 0.29) is 18.5 Å². The van der Waals surface area contributed by atoms with Crippen LogP contribution in [0.3, 0.4) is 0 Å². The summed E-state index contributed by atoms with van der Waals surface area (Å²) in [5, 5.41) is 8.19. The fourth-order valence-corrected chi connectivity index (χ4v) is 4.12. The molecule has 1 N–H and O–H groups in total. The average molecular weight is 362 g/mol. The van der Waals surface area contributed by atoms with Crippen LogP contribution in [0.25, 0.3) is 10.9 Å². The third kappa shape index (κ3) is 3.15. The summed E-state index contributed by atoms with van der Waals surface area (Å²) in [4.78, 5) is 14.0. The smallest absolute Gasteiger partial charge is 0.317 e. The van der Waals surface area contributed by atoms with Crippen molar-refractivity contribution in [2.45, 2.75) is 57.0 Å². The van der Waals surface area contributed by atoms with Crippen LogP contribution in [0.2, 0.25) is 0 Å². The van der Waals surface area contributed by atoms with E-state index in [1.165, 1.54) is 5.56 Å². The number of nitrogens with zero attached hydrogens (tertiary/aromatic N) is 3.